The largest absolute Gasteiger partial charge is 0.298 e. The smallest absolute Gasteiger partial charge is 0.150 e. The van der Waals surface area contributed by atoms with Gasteiger partial charge in [-0.05, 0) is 47.2 Å². The van der Waals surface area contributed by atoms with Crippen LogP contribution in [0.15, 0.2) is 42.5 Å². The van der Waals surface area contributed by atoms with Crippen LogP contribution in [0.4, 0.5) is 0 Å². The molecule has 2 aromatic carbocycles. The van der Waals surface area contributed by atoms with Crippen molar-refractivity contribution in [2.75, 3.05) is 0 Å². The number of hydrogen-bond acceptors (Lipinski definition) is 1. The minimum atomic E-state index is 0.641. The second kappa shape index (κ2) is 6.03. The Morgan fingerprint density at radius 2 is 1.79 bits per heavy atom. The second-order valence-corrected chi connectivity index (χ2v) is 5.58. The lowest BCUT2D eigenvalue weighted by Gasteiger charge is -2.08. The summed E-state index contributed by atoms with van der Waals surface area (Å²) in [7, 11) is 0. The van der Waals surface area contributed by atoms with E-state index in [1.54, 1.807) is 12.1 Å². The highest BCUT2D eigenvalue weighted by molar-refractivity contribution is 6.31. The summed E-state index contributed by atoms with van der Waals surface area (Å²) in [5.74, 6) is 0.641. The summed E-state index contributed by atoms with van der Waals surface area (Å²) < 4.78 is 0. The van der Waals surface area contributed by atoms with Crippen LogP contribution in [0.3, 0.4) is 0 Å². The van der Waals surface area contributed by atoms with Crippen molar-refractivity contribution in [3.8, 4) is 11.1 Å². The molecule has 0 spiro atoms. The molecule has 0 bridgehead atoms. The molecule has 0 saturated carbocycles. The molecule has 0 atom stereocenters. The second-order valence-electron chi connectivity index (χ2n) is 5.14. The van der Waals surface area contributed by atoms with E-state index in [1.807, 2.05) is 6.07 Å². The van der Waals surface area contributed by atoms with E-state index in [1.165, 1.54) is 5.56 Å². The van der Waals surface area contributed by atoms with Gasteiger partial charge in [-0.1, -0.05) is 49.7 Å². The van der Waals surface area contributed by atoms with Crippen molar-refractivity contribution < 1.29 is 4.79 Å². The van der Waals surface area contributed by atoms with Crippen molar-refractivity contribution in [3.63, 3.8) is 0 Å². The van der Waals surface area contributed by atoms with Crippen LogP contribution in [-0.2, 0) is 6.42 Å². The molecule has 0 heterocycles. The maximum Gasteiger partial charge on any atom is 0.150 e. The Kier molecular flexibility index (Phi) is 4.39. The highest BCUT2D eigenvalue weighted by Crippen LogP contribution is 2.26. The molecule has 1 nitrogen and oxygen atoms in total. The molecule has 0 unspecified atom stereocenters. The average molecular weight is 273 g/mol. The highest BCUT2D eigenvalue weighted by atomic mass is 35.5. The minimum absolute atomic E-state index is 0.641. The van der Waals surface area contributed by atoms with E-state index in [2.05, 4.69) is 38.1 Å². The van der Waals surface area contributed by atoms with Gasteiger partial charge in [0.1, 0.15) is 0 Å². The normalized spacial score (nSPS) is 10.7. The van der Waals surface area contributed by atoms with Gasteiger partial charge in [0.15, 0.2) is 6.29 Å². The number of hydrogen-bond donors (Lipinski definition) is 0. The number of benzene rings is 2. The van der Waals surface area contributed by atoms with Gasteiger partial charge in [-0.3, -0.25) is 4.79 Å². The van der Waals surface area contributed by atoms with E-state index in [-0.39, 0.29) is 0 Å². The first-order valence-corrected chi connectivity index (χ1v) is 6.82. The molecule has 2 rings (SSSR count). The van der Waals surface area contributed by atoms with E-state index >= 15 is 0 Å². The molecule has 0 aliphatic rings. The Balaban J connectivity index is 2.36. The minimum Gasteiger partial charge on any atom is -0.298 e. The van der Waals surface area contributed by atoms with Gasteiger partial charge in [0.05, 0.1) is 0 Å². The van der Waals surface area contributed by atoms with Crippen LogP contribution in [0, 0.1) is 5.92 Å². The summed E-state index contributed by atoms with van der Waals surface area (Å²) in [5.41, 5.74) is 3.89. The van der Waals surface area contributed by atoms with Gasteiger partial charge in [0.25, 0.3) is 0 Å². The molecule has 0 aliphatic carbocycles. The predicted octanol–water partition coefficient (Wildman–Crippen LogP) is 5.02. The number of aldehydes is 1. The quantitative estimate of drug-likeness (QED) is 0.715. The molecule has 2 aromatic rings. The van der Waals surface area contributed by atoms with Gasteiger partial charge in [-0.15, -0.1) is 0 Å². The summed E-state index contributed by atoms with van der Waals surface area (Å²) in [5, 5.41) is 0.645. The lowest BCUT2D eigenvalue weighted by Crippen LogP contribution is -1.94. The summed E-state index contributed by atoms with van der Waals surface area (Å²) in [6.07, 6.45) is 1.93. The third kappa shape index (κ3) is 3.45. The van der Waals surface area contributed by atoms with Gasteiger partial charge in [-0.2, -0.15) is 0 Å². The van der Waals surface area contributed by atoms with Crippen LogP contribution < -0.4 is 0 Å². The lowest BCUT2D eigenvalue weighted by molar-refractivity contribution is 0.112. The zero-order chi connectivity index (χ0) is 13.8. The van der Waals surface area contributed by atoms with Crippen LogP contribution in [0.5, 0.6) is 0 Å². The SMILES string of the molecule is CC(C)Cc1ccc(-c2cc(Cl)ccc2C=O)cc1. The first kappa shape index (κ1) is 13.8. The van der Waals surface area contributed by atoms with Gasteiger partial charge in [0, 0.05) is 10.6 Å². The van der Waals surface area contributed by atoms with Gasteiger partial charge in [-0.25, -0.2) is 0 Å². The summed E-state index contributed by atoms with van der Waals surface area (Å²) in [6, 6.07) is 13.7. The third-order valence-corrected chi connectivity index (χ3v) is 3.29. The standard InChI is InChI=1S/C17H17ClO/c1-12(2)9-13-3-5-14(6-4-13)17-10-16(18)8-7-15(17)11-19/h3-8,10-12H,9H2,1-2H3. The summed E-state index contributed by atoms with van der Waals surface area (Å²) >= 11 is 6.01. The number of carbonyl (C=O) groups excluding carboxylic acids is 1. The number of carbonyl (C=O) groups is 1. The molecule has 0 amide bonds. The van der Waals surface area contributed by atoms with Crippen LogP contribution >= 0.6 is 11.6 Å². The Labute approximate surface area is 119 Å². The highest BCUT2D eigenvalue weighted by Gasteiger charge is 2.06. The van der Waals surface area contributed by atoms with Crippen molar-refractivity contribution in [1.82, 2.24) is 0 Å². The lowest BCUT2D eigenvalue weighted by atomic mass is 9.97. The van der Waals surface area contributed by atoms with Gasteiger partial charge in [0.2, 0.25) is 0 Å². The molecule has 0 N–H and O–H groups in total. The zero-order valence-electron chi connectivity index (χ0n) is 11.2. The van der Waals surface area contributed by atoms with E-state index in [0.717, 1.165) is 23.8 Å². The van der Waals surface area contributed by atoms with Gasteiger partial charge < -0.3 is 0 Å². The van der Waals surface area contributed by atoms with Crippen LogP contribution in [0.25, 0.3) is 11.1 Å². The average Bonchev–Trinajstić information content (AvgIpc) is 2.39. The number of halogens is 1. The van der Waals surface area contributed by atoms with E-state index in [4.69, 9.17) is 11.6 Å². The Morgan fingerprint density at radius 1 is 1.11 bits per heavy atom. The van der Waals surface area contributed by atoms with Crippen LogP contribution in [0.1, 0.15) is 29.8 Å². The molecule has 0 saturated heterocycles. The topological polar surface area (TPSA) is 17.1 Å². The maximum absolute atomic E-state index is 11.1. The molecule has 2 heteroatoms. The zero-order valence-corrected chi connectivity index (χ0v) is 11.9. The Morgan fingerprint density at radius 3 is 2.37 bits per heavy atom. The first-order chi connectivity index (χ1) is 9.10. The molecular weight excluding hydrogens is 256 g/mol. The molecule has 0 fully saturated rings. The van der Waals surface area contributed by atoms with E-state index in [0.29, 0.717) is 16.5 Å². The monoisotopic (exact) mass is 272 g/mol. The fourth-order valence-corrected chi connectivity index (χ4v) is 2.35. The Bertz CT molecular complexity index is 570. The molecule has 98 valence electrons. The van der Waals surface area contributed by atoms with E-state index < -0.39 is 0 Å². The fraction of sp³-hybridized carbons (Fsp3) is 0.235. The van der Waals surface area contributed by atoms with Crippen molar-refractivity contribution >= 4 is 17.9 Å². The number of rotatable bonds is 4. The molecule has 19 heavy (non-hydrogen) atoms. The fourth-order valence-electron chi connectivity index (χ4n) is 2.17. The molecular formula is C17H17ClO. The summed E-state index contributed by atoms with van der Waals surface area (Å²) in [4.78, 5) is 11.1. The summed E-state index contributed by atoms with van der Waals surface area (Å²) in [6.45, 7) is 4.41. The van der Waals surface area contributed by atoms with E-state index in [9.17, 15) is 4.79 Å². The Hall–Kier alpha value is -1.60. The van der Waals surface area contributed by atoms with Crippen molar-refractivity contribution in [3.05, 3.63) is 58.6 Å². The maximum atomic E-state index is 11.1. The molecule has 0 aliphatic heterocycles. The first-order valence-electron chi connectivity index (χ1n) is 6.44. The van der Waals surface area contributed by atoms with Crippen molar-refractivity contribution in [2.24, 2.45) is 5.92 Å². The predicted molar refractivity (Wildman–Crippen MR) is 80.8 cm³/mol. The molecule has 0 aromatic heterocycles. The van der Waals surface area contributed by atoms with Crippen molar-refractivity contribution in [1.29, 1.82) is 0 Å². The van der Waals surface area contributed by atoms with Crippen LogP contribution in [-0.4, -0.2) is 6.29 Å². The van der Waals surface area contributed by atoms with Gasteiger partial charge >= 0.3 is 0 Å². The van der Waals surface area contributed by atoms with Crippen LogP contribution in [0.2, 0.25) is 5.02 Å². The third-order valence-electron chi connectivity index (χ3n) is 3.05. The van der Waals surface area contributed by atoms with Crippen molar-refractivity contribution in [2.45, 2.75) is 20.3 Å². The molecule has 0 radical (unpaired) electrons.